The summed E-state index contributed by atoms with van der Waals surface area (Å²) in [5, 5.41) is 27.7. The van der Waals surface area contributed by atoms with Crippen LogP contribution >= 0.6 is 0 Å². The van der Waals surface area contributed by atoms with Crippen molar-refractivity contribution in [1.82, 2.24) is 4.57 Å². The molecule has 0 aliphatic heterocycles. The lowest BCUT2D eigenvalue weighted by molar-refractivity contribution is 0.668. The van der Waals surface area contributed by atoms with E-state index in [0.717, 1.165) is 193 Å². The molecule has 5 nitrogen and oxygen atoms in total. The number of hydrogen-bond donors (Lipinski definition) is 0. The molecule has 0 N–H and O–H groups in total. The summed E-state index contributed by atoms with van der Waals surface area (Å²) in [5.41, 5.74) is 28.1. The molecule has 0 saturated carbocycles. The van der Waals surface area contributed by atoms with Crippen molar-refractivity contribution in [2.75, 3.05) is 0 Å². The predicted octanol–water partition coefficient (Wildman–Crippen LogP) is 33.8. The molecule has 568 valence electrons. The molecule has 5 heteroatoms. The topological polar surface area (TPSA) is 57.5 Å². The zero-order valence-electron chi connectivity index (χ0n) is 66.3. The van der Waals surface area contributed by atoms with Crippen LogP contribution in [0.25, 0.3) is 280 Å². The Bertz CT molecular complexity index is 9150. The SMILES string of the molecule is c1ccc(-n2c3ccccc3c3ccc(-c4cc5ccc6cc(-c7cc(-c8cc(-c9ccc%10oc%11ccccc%11c%10c9)cc(-c9ccc%10ccc%11c(-c%12cc(-c%13ccc%14oc%15ccccc%15c%14c%13)cc(-c%13ccc%14oc%15ccccc%15c%14c%13)c%12)cc%12ccccc%12c%11c%10c9)c8)cc8c7oc7ccccc78)c7ccccc7c6c5c5ccccc45)cc32)cc1. The Morgan fingerprint density at radius 1 is 0.146 bits per heavy atom. The first-order chi connectivity index (χ1) is 60.9. The Morgan fingerprint density at radius 3 is 1.09 bits per heavy atom. The van der Waals surface area contributed by atoms with Gasteiger partial charge in [0, 0.05) is 65.1 Å². The monoisotopic (exact) mass is 1560 g/mol. The van der Waals surface area contributed by atoms with Gasteiger partial charge in [0.1, 0.15) is 44.7 Å². The molecule has 0 spiro atoms. The lowest BCUT2D eigenvalue weighted by atomic mass is 9.85. The molecule has 22 aromatic carbocycles. The molecule has 0 aliphatic carbocycles. The molecule has 0 fully saturated rings. The van der Waals surface area contributed by atoms with Crippen molar-refractivity contribution in [1.29, 1.82) is 0 Å². The summed E-state index contributed by atoms with van der Waals surface area (Å²) in [4.78, 5) is 0. The minimum Gasteiger partial charge on any atom is -0.456 e. The van der Waals surface area contributed by atoms with Gasteiger partial charge in [-0.05, 0) is 317 Å². The van der Waals surface area contributed by atoms with Gasteiger partial charge in [0.25, 0.3) is 0 Å². The van der Waals surface area contributed by atoms with Gasteiger partial charge in [-0.2, -0.15) is 0 Å². The van der Waals surface area contributed by atoms with E-state index in [1.54, 1.807) is 0 Å². The van der Waals surface area contributed by atoms with E-state index in [1.807, 2.05) is 18.2 Å². The van der Waals surface area contributed by atoms with E-state index < -0.39 is 0 Å². The van der Waals surface area contributed by atoms with E-state index in [9.17, 15) is 0 Å². The Hall–Kier alpha value is -16.3. The first kappa shape index (κ1) is 67.7. The average molecular weight is 1560 g/mol. The summed E-state index contributed by atoms with van der Waals surface area (Å²) < 4.78 is 29.0. The van der Waals surface area contributed by atoms with E-state index >= 15 is 0 Å². The van der Waals surface area contributed by atoms with Gasteiger partial charge in [-0.15, -0.1) is 0 Å². The largest absolute Gasteiger partial charge is 0.456 e. The van der Waals surface area contributed by atoms with Crippen LogP contribution in [0.1, 0.15) is 0 Å². The summed E-state index contributed by atoms with van der Waals surface area (Å²) in [6.45, 7) is 0. The Labute approximate surface area is 703 Å². The highest BCUT2D eigenvalue weighted by molar-refractivity contribution is 6.32. The van der Waals surface area contributed by atoms with Crippen molar-refractivity contribution in [3.05, 3.63) is 406 Å². The van der Waals surface area contributed by atoms with Crippen LogP contribution in [-0.4, -0.2) is 4.57 Å². The van der Waals surface area contributed by atoms with Gasteiger partial charge in [0.15, 0.2) is 0 Å². The molecule has 0 aliphatic rings. The fourth-order valence-electron chi connectivity index (χ4n) is 20.7. The van der Waals surface area contributed by atoms with Gasteiger partial charge in [-0.3, -0.25) is 0 Å². The van der Waals surface area contributed by atoms with Crippen LogP contribution in [-0.2, 0) is 0 Å². The van der Waals surface area contributed by atoms with Crippen molar-refractivity contribution >= 4 is 185 Å². The number of rotatable bonds is 9. The first-order valence-electron chi connectivity index (χ1n) is 42.2. The van der Waals surface area contributed by atoms with Crippen LogP contribution in [0.15, 0.2) is 424 Å². The maximum atomic E-state index is 7.23. The Balaban J connectivity index is 0.653. The standard InChI is InChI=1S/C118H67NO4/c1-2-21-84(22-3-1)119-106-33-15-10-26-88(106)89-47-43-74(67-107(89)119)97-63-75-40-41-76-64-100(87-25-7-9-32-95(87)116(76)115(75)94-31-8-6-24-86(94)97)105-66-82(65-104-93-30-14-19-37-111(93)123-118(104)105)81-54-77(52-78(55-81)70-44-49-112-101(59-70)90-27-11-16-34-108(90)120-112)69-39-38-68-42-48-96-98(62-73-20-4-5-23-85(73)117(96)99(68)58-69)83-56-79(71-45-50-113-102(60-71)91-28-12-17-35-109(91)121-113)53-80(57-83)72-46-51-114-103(61-72)92-29-13-18-36-110(92)122-114/h1-67H. The summed E-state index contributed by atoms with van der Waals surface area (Å²) in [7, 11) is 0. The molecule has 0 unspecified atom stereocenters. The van der Waals surface area contributed by atoms with Crippen LogP contribution in [0.4, 0.5) is 0 Å². The molecule has 27 rings (SSSR count). The molecule has 0 radical (unpaired) electrons. The highest BCUT2D eigenvalue weighted by Gasteiger charge is 2.25. The van der Waals surface area contributed by atoms with E-state index in [2.05, 4.69) is 393 Å². The van der Waals surface area contributed by atoms with Crippen LogP contribution in [0.5, 0.6) is 0 Å². The van der Waals surface area contributed by atoms with Gasteiger partial charge in [-0.1, -0.05) is 249 Å². The summed E-state index contributed by atoms with van der Waals surface area (Å²) in [6, 6.07) is 150. The molecule has 0 bridgehead atoms. The molecule has 123 heavy (non-hydrogen) atoms. The molecule has 0 saturated heterocycles. The van der Waals surface area contributed by atoms with Gasteiger partial charge in [-0.25, -0.2) is 0 Å². The second kappa shape index (κ2) is 26.1. The lowest BCUT2D eigenvalue weighted by Gasteiger charge is -2.18. The van der Waals surface area contributed by atoms with Crippen molar-refractivity contribution in [2.45, 2.75) is 0 Å². The molecular weight excluding hydrogens is 1500 g/mol. The molecule has 0 amide bonds. The summed E-state index contributed by atoms with van der Waals surface area (Å²) in [5.74, 6) is 0. The second-order valence-electron chi connectivity index (χ2n) is 33.2. The van der Waals surface area contributed by atoms with Crippen LogP contribution in [0.2, 0.25) is 0 Å². The zero-order chi connectivity index (χ0) is 80.2. The maximum absolute atomic E-state index is 7.23. The van der Waals surface area contributed by atoms with Crippen molar-refractivity contribution in [3.8, 4) is 94.7 Å². The number of benzene rings is 22. The number of para-hydroxylation sites is 6. The quantitative estimate of drug-likeness (QED) is 0.135. The van der Waals surface area contributed by atoms with Crippen LogP contribution < -0.4 is 0 Å². The first-order valence-corrected chi connectivity index (χ1v) is 42.2. The summed E-state index contributed by atoms with van der Waals surface area (Å²) >= 11 is 0. The molecule has 27 aromatic rings. The normalized spacial score (nSPS) is 12.2. The number of fused-ring (bicyclic) bond motifs is 27. The number of nitrogens with zero attached hydrogens (tertiary/aromatic N) is 1. The van der Waals surface area contributed by atoms with E-state index in [4.69, 9.17) is 17.7 Å². The molecule has 0 atom stereocenters. The van der Waals surface area contributed by atoms with Crippen molar-refractivity contribution < 1.29 is 17.7 Å². The van der Waals surface area contributed by atoms with E-state index in [1.165, 1.54) is 86.8 Å². The third kappa shape index (κ3) is 10.4. The number of hydrogen-bond acceptors (Lipinski definition) is 4. The van der Waals surface area contributed by atoms with Crippen LogP contribution in [0, 0.1) is 0 Å². The number of furan rings is 4. The van der Waals surface area contributed by atoms with E-state index in [0.29, 0.717) is 0 Å². The third-order valence-electron chi connectivity index (χ3n) is 26.4. The fourth-order valence-corrected chi connectivity index (χ4v) is 20.7. The smallest absolute Gasteiger partial charge is 0.143 e. The van der Waals surface area contributed by atoms with Gasteiger partial charge < -0.3 is 22.2 Å². The fraction of sp³-hybridized carbons (Fsp3) is 0. The van der Waals surface area contributed by atoms with E-state index in [-0.39, 0.29) is 0 Å². The zero-order valence-corrected chi connectivity index (χ0v) is 66.3. The predicted molar refractivity (Wildman–Crippen MR) is 516 cm³/mol. The molecule has 5 aromatic heterocycles. The Kier molecular flexibility index (Phi) is 14.3. The highest BCUT2D eigenvalue weighted by Crippen LogP contribution is 2.51. The average Bonchev–Trinajstić information content (AvgIpc) is 1.68. The lowest BCUT2D eigenvalue weighted by Crippen LogP contribution is -1.93. The second-order valence-corrected chi connectivity index (χ2v) is 33.2. The molecule has 5 heterocycles. The van der Waals surface area contributed by atoms with Gasteiger partial charge in [0.05, 0.1) is 11.0 Å². The highest BCUT2D eigenvalue weighted by atomic mass is 16.3. The van der Waals surface area contributed by atoms with Crippen LogP contribution in [0.3, 0.4) is 0 Å². The minimum atomic E-state index is 0.842. The van der Waals surface area contributed by atoms with Gasteiger partial charge in [0.2, 0.25) is 0 Å². The van der Waals surface area contributed by atoms with Crippen molar-refractivity contribution in [2.24, 2.45) is 0 Å². The molecular formula is C118H67NO4. The number of aromatic nitrogens is 1. The summed E-state index contributed by atoms with van der Waals surface area (Å²) in [6.07, 6.45) is 0. The van der Waals surface area contributed by atoms with Gasteiger partial charge >= 0.3 is 0 Å². The minimum absolute atomic E-state index is 0.842. The third-order valence-corrected chi connectivity index (χ3v) is 26.4. The maximum Gasteiger partial charge on any atom is 0.143 e. The van der Waals surface area contributed by atoms with Crippen molar-refractivity contribution in [3.63, 3.8) is 0 Å². The Morgan fingerprint density at radius 2 is 0.512 bits per heavy atom.